The van der Waals surface area contributed by atoms with Gasteiger partial charge in [-0.2, -0.15) is 5.26 Å². The Balaban J connectivity index is 0.00000580. The Morgan fingerprint density at radius 3 is 2.24 bits per heavy atom. The third-order valence-electron chi connectivity index (χ3n) is 9.14. The van der Waals surface area contributed by atoms with Gasteiger partial charge >= 0.3 is 0 Å². The van der Waals surface area contributed by atoms with Crippen molar-refractivity contribution in [1.82, 2.24) is 14.8 Å². The third-order valence-corrected chi connectivity index (χ3v) is 9.42. The minimum absolute atomic E-state index is 0. The molecule has 1 aromatic heterocycles. The van der Waals surface area contributed by atoms with Crippen molar-refractivity contribution in [3.05, 3.63) is 153 Å². The zero-order valence-corrected chi connectivity index (χ0v) is 32.4. The quantitative estimate of drug-likeness (QED) is 0.104. The molecule has 1 aliphatic heterocycles. The summed E-state index contributed by atoms with van der Waals surface area (Å²) in [5, 5.41) is 9.35. The Labute approximate surface area is 333 Å². The minimum atomic E-state index is -0.280. The van der Waals surface area contributed by atoms with Gasteiger partial charge in [0.15, 0.2) is 5.75 Å². The van der Waals surface area contributed by atoms with Crippen LogP contribution in [0.25, 0.3) is 6.08 Å². The number of ether oxygens (including phenoxy) is 3. The number of carbonyl (C=O) groups is 1. The van der Waals surface area contributed by atoms with Crippen LogP contribution in [0.3, 0.4) is 0 Å². The lowest BCUT2D eigenvalue weighted by molar-refractivity contribution is -0.127. The lowest BCUT2D eigenvalue weighted by Gasteiger charge is -2.34. The van der Waals surface area contributed by atoms with E-state index in [0.717, 1.165) is 40.8 Å². The summed E-state index contributed by atoms with van der Waals surface area (Å²) in [7, 11) is 0. The van der Waals surface area contributed by atoms with Crippen LogP contribution in [0, 0.1) is 24.1 Å². The fourth-order valence-corrected chi connectivity index (χ4v) is 6.42. The van der Waals surface area contributed by atoms with Crippen LogP contribution in [0.5, 0.6) is 23.1 Å². The Kier molecular flexibility index (Phi) is 14.7. The van der Waals surface area contributed by atoms with Crippen molar-refractivity contribution in [3.8, 4) is 29.2 Å². The molecule has 0 spiro atoms. The number of amides is 1. The highest BCUT2D eigenvalue weighted by atomic mass is 35.5. The van der Waals surface area contributed by atoms with Gasteiger partial charge in [-0.1, -0.05) is 61.3 Å². The average Bonchev–Trinajstić information content (AvgIpc) is 3.19. The highest BCUT2D eigenvalue weighted by Gasteiger charge is 2.20. The van der Waals surface area contributed by atoms with E-state index < -0.39 is 0 Å². The molecule has 1 amide bonds. The number of hydrogen-bond acceptors (Lipinski definition) is 7. The molecule has 0 radical (unpaired) electrons. The fraction of sp³-hybridized carbons (Fsp3) is 0.250. The summed E-state index contributed by atoms with van der Waals surface area (Å²) >= 11 is 6.61. The van der Waals surface area contributed by atoms with Gasteiger partial charge in [-0.25, -0.2) is 9.37 Å². The van der Waals surface area contributed by atoms with E-state index in [0.29, 0.717) is 72.9 Å². The molecule has 0 aliphatic carbocycles. The number of rotatable bonds is 14. The summed E-state index contributed by atoms with van der Waals surface area (Å²) in [6.45, 7) is 7.69. The zero-order valence-electron chi connectivity index (χ0n) is 30.8. The Morgan fingerprint density at radius 2 is 1.58 bits per heavy atom. The molecule has 2 heterocycles. The second-order valence-corrected chi connectivity index (χ2v) is 13.6. The molecule has 11 heteroatoms. The van der Waals surface area contributed by atoms with Crippen LogP contribution >= 0.6 is 24.0 Å². The molecule has 55 heavy (non-hydrogen) atoms. The van der Waals surface area contributed by atoms with Gasteiger partial charge in [-0.3, -0.25) is 9.69 Å². The van der Waals surface area contributed by atoms with E-state index >= 15 is 0 Å². The van der Waals surface area contributed by atoms with Gasteiger partial charge in [0.1, 0.15) is 30.5 Å². The van der Waals surface area contributed by atoms with Gasteiger partial charge in [0.2, 0.25) is 11.8 Å². The van der Waals surface area contributed by atoms with Gasteiger partial charge < -0.3 is 19.1 Å². The third kappa shape index (κ3) is 11.5. The normalized spacial score (nSPS) is 12.9. The maximum absolute atomic E-state index is 14.9. The number of piperazine rings is 1. The molecule has 1 aliphatic rings. The van der Waals surface area contributed by atoms with Crippen molar-refractivity contribution in [2.24, 2.45) is 0 Å². The summed E-state index contributed by atoms with van der Waals surface area (Å²) < 4.78 is 32.6. The van der Waals surface area contributed by atoms with E-state index in [2.05, 4.69) is 22.9 Å². The van der Waals surface area contributed by atoms with Crippen LogP contribution in [0.4, 0.5) is 4.39 Å². The summed E-state index contributed by atoms with van der Waals surface area (Å²) in [4.78, 5) is 21.5. The minimum Gasteiger partial charge on any atom is -0.489 e. The molecule has 0 saturated carbocycles. The molecule has 5 aromatic rings. The van der Waals surface area contributed by atoms with Crippen LogP contribution < -0.4 is 14.2 Å². The highest BCUT2D eigenvalue weighted by Crippen LogP contribution is 2.34. The topological polar surface area (TPSA) is 87.9 Å². The molecule has 8 nitrogen and oxygen atoms in total. The van der Waals surface area contributed by atoms with Crippen molar-refractivity contribution >= 4 is 36.0 Å². The van der Waals surface area contributed by atoms with E-state index in [4.69, 9.17) is 31.1 Å². The van der Waals surface area contributed by atoms with Crippen molar-refractivity contribution in [2.45, 2.75) is 46.4 Å². The number of nitrogens with zero attached hydrogens (tertiary/aromatic N) is 4. The van der Waals surface area contributed by atoms with E-state index in [1.807, 2.05) is 60.4 Å². The van der Waals surface area contributed by atoms with Gasteiger partial charge in [-0.05, 0) is 95.8 Å². The first-order chi connectivity index (χ1) is 26.3. The van der Waals surface area contributed by atoms with Crippen molar-refractivity contribution < 1.29 is 23.4 Å². The van der Waals surface area contributed by atoms with Crippen LogP contribution in [0.1, 0.15) is 52.3 Å². The average molecular weight is 782 g/mol. The van der Waals surface area contributed by atoms with Crippen molar-refractivity contribution in [3.63, 3.8) is 0 Å². The molecular weight excluding hydrogens is 738 g/mol. The van der Waals surface area contributed by atoms with Gasteiger partial charge in [0.05, 0.1) is 22.9 Å². The predicted octanol–water partition coefficient (Wildman–Crippen LogP) is 9.74. The van der Waals surface area contributed by atoms with E-state index in [1.54, 1.807) is 60.8 Å². The Bertz CT molecular complexity index is 2090. The molecule has 6 rings (SSSR count). The molecular formula is C44H43Cl2FN4O4. The maximum Gasteiger partial charge on any atom is 0.246 e. The number of halogens is 3. The van der Waals surface area contributed by atoms with Crippen LogP contribution in [-0.4, -0.2) is 46.9 Å². The lowest BCUT2D eigenvalue weighted by Crippen LogP contribution is -2.47. The van der Waals surface area contributed by atoms with Crippen molar-refractivity contribution in [2.75, 3.05) is 26.2 Å². The standard InChI is InChI=1S/C44H42ClFN4O4.ClH/c1-3-4-32-10-14-38(15-11-32)53-30-37-13-9-36(25-41(37)46)28-49-19-21-50(22-20-49)43(51)18-12-35-23-31(2)44(40(45)24-35)54-42-17-16-39(27-48-42)52-29-34-7-5-33(26-47)6-8-34;/h5-18,23-25,27H,3-4,19-22,28-30H2,1-2H3;1H. The van der Waals surface area contributed by atoms with E-state index in [-0.39, 0.29) is 30.7 Å². The molecule has 284 valence electrons. The number of nitriles is 1. The molecule has 0 unspecified atom stereocenters. The summed E-state index contributed by atoms with van der Waals surface area (Å²) in [6, 6.07) is 29.7. The zero-order chi connectivity index (χ0) is 37.9. The van der Waals surface area contributed by atoms with Crippen LogP contribution in [0.15, 0.2) is 103 Å². The number of hydrogen-bond donors (Lipinski definition) is 0. The van der Waals surface area contributed by atoms with Gasteiger partial charge in [0, 0.05) is 50.4 Å². The monoisotopic (exact) mass is 780 g/mol. The summed E-state index contributed by atoms with van der Waals surface area (Å²) in [5.74, 6) is 1.78. The maximum atomic E-state index is 14.9. The molecule has 4 aromatic carbocycles. The molecule has 0 atom stereocenters. The van der Waals surface area contributed by atoms with Crippen LogP contribution in [-0.2, 0) is 31.0 Å². The lowest BCUT2D eigenvalue weighted by atomic mass is 10.1. The Hall–Kier alpha value is -5.40. The highest BCUT2D eigenvalue weighted by molar-refractivity contribution is 6.32. The van der Waals surface area contributed by atoms with Crippen molar-refractivity contribution in [1.29, 1.82) is 5.26 Å². The number of pyridine rings is 1. The number of benzene rings is 4. The molecule has 0 N–H and O–H groups in total. The summed E-state index contributed by atoms with van der Waals surface area (Å²) in [6.07, 6.45) is 7.01. The predicted molar refractivity (Wildman–Crippen MR) is 215 cm³/mol. The van der Waals surface area contributed by atoms with Gasteiger partial charge in [0.25, 0.3) is 0 Å². The first kappa shape index (κ1) is 40.8. The van der Waals surface area contributed by atoms with E-state index in [9.17, 15) is 9.18 Å². The summed E-state index contributed by atoms with van der Waals surface area (Å²) in [5.41, 5.74) is 5.77. The SMILES string of the molecule is CCCc1ccc(OCc2ccc(CN3CCN(C(=O)C=Cc4cc(C)c(Oc5ccc(OCc6ccc(C#N)cc6)cn5)c(Cl)c4)CC3)cc2F)cc1.Cl. The molecule has 1 saturated heterocycles. The second-order valence-electron chi connectivity index (χ2n) is 13.2. The number of carbonyl (C=O) groups excluding carboxylic acids is 1. The first-order valence-corrected chi connectivity index (χ1v) is 18.4. The number of aryl methyl sites for hydroxylation is 2. The molecule has 1 fully saturated rings. The number of aromatic nitrogens is 1. The smallest absolute Gasteiger partial charge is 0.246 e. The fourth-order valence-electron chi connectivity index (χ4n) is 6.11. The molecule has 0 bridgehead atoms. The Morgan fingerprint density at radius 1 is 0.891 bits per heavy atom. The van der Waals surface area contributed by atoms with E-state index in [1.165, 1.54) is 5.56 Å². The van der Waals surface area contributed by atoms with Crippen LogP contribution in [0.2, 0.25) is 5.02 Å². The van der Waals surface area contributed by atoms with Gasteiger partial charge in [-0.15, -0.1) is 12.4 Å². The largest absolute Gasteiger partial charge is 0.489 e. The first-order valence-electron chi connectivity index (χ1n) is 18.0. The second kappa shape index (κ2) is 19.8.